The summed E-state index contributed by atoms with van der Waals surface area (Å²) in [6.07, 6.45) is 1.62. The Morgan fingerprint density at radius 1 is 1.17 bits per heavy atom. The molecular weight excluding hydrogens is 276 g/mol. The fourth-order valence-corrected chi connectivity index (χ4v) is 3.61. The zero-order valence-electron chi connectivity index (χ0n) is 11.7. The molecule has 6 heteroatoms. The van der Waals surface area contributed by atoms with Crippen LogP contribution >= 0.6 is 10.7 Å². The summed E-state index contributed by atoms with van der Waals surface area (Å²) in [5.41, 5.74) is -0.390. The lowest BCUT2D eigenvalue weighted by Crippen LogP contribution is -2.33. The van der Waals surface area contributed by atoms with Crippen LogP contribution in [0, 0.1) is 5.41 Å². The van der Waals surface area contributed by atoms with Gasteiger partial charge in [-0.25, -0.2) is 8.42 Å². The molecule has 0 aliphatic carbocycles. The standard InChI is InChI=1S/C12H25ClO4S/c1-5-12(6-2,10-18(13,14)15)9-16-7-8-17-11(3)4/h11H,5-10H2,1-4H3. The molecule has 0 unspecified atom stereocenters. The molecule has 0 saturated carbocycles. The summed E-state index contributed by atoms with van der Waals surface area (Å²) in [5, 5.41) is 0. The van der Waals surface area contributed by atoms with E-state index < -0.39 is 14.5 Å². The maximum absolute atomic E-state index is 11.2. The SMILES string of the molecule is CCC(CC)(COCCOC(C)C)CS(=O)(=O)Cl. The summed E-state index contributed by atoms with van der Waals surface area (Å²) in [6, 6.07) is 0. The molecule has 0 aliphatic heterocycles. The Hall–Kier alpha value is 0.160. The molecule has 0 aromatic heterocycles. The van der Waals surface area contributed by atoms with Gasteiger partial charge in [0.2, 0.25) is 9.05 Å². The number of hydrogen-bond acceptors (Lipinski definition) is 4. The van der Waals surface area contributed by atoms with Gasteiger partial charge in [0, 0.05) is 16.1 Å². The van der Waals surface area contributed by atoms with E-state index in [0.29, 0.717) is 19.8 Å². The second kappa shape index (κ2) is 8.35. The predicted molar refractivity (Wildman–Crippen MR) is 74.6 cm³/mol. The maximum Gasteiger partial charge on any atom is 0.233 e. The molecule has 0 bridgehead atoms. The number of halogens is 1. The molecule has 0 atom stereocenters. The zero-order valence-corrected chi connectivity index (χ0v) is 13.3. The molecule has 18 heavy (non-hydrogen) atoms. The van der Waals surface area contributed by atoms with Gasteiger partial charge in [-0.15, -0.1) is 0 Å². The van der Waals surface area contributed by atoms with Crippen molar-refractivity contribution in [2.45, 2.75) is 46.6 Å². The van der Waals surface area contributed by atoms with Crippen LogP contribution in [0.3, 0.4) is 0 Å². The first-order chi connectivity index (χ1) is 8.24. The van der Waals surface area contributed by atoms with Crippen molar-refractivity contribution in [3.05, 3.63) is 0 Å². The Morgan fingerprint density at radius 2 is 1.72 bits per heavy atom. The second-order valence-corrected chi connectivity index (χ2v) is 7.64. The molecule has 110 valence electrons. The van der Waals surface area contributed by atoms with Gasteiger partial charge in [0.25, 0.3) is 0 Å². The Balaban J connectivity index is 4.19. The molecular formula is C12H25ClO4S. The van der Waals surface area contributed by atoms with E-state index in [1.165, 1.54) is 0 Å². The molecule has 0 aromatic rings. The number of rotatable bonds is 10. The van der Waals surface area contributed by atoms with Gasteiger partial charge in [0.1, 0.15) is 0 Å². The van der Waals surface area contributed by atoms with Crippen LogP contribution in [0.1, 0.15) is 40.5 Å². The molecule has 0 spiro atoms. The highest BCUT2D eigenvalue weighted by molar-refractivity contribution is 8.13. The van der Waals surface area contributed by atoms with Crippen molar-refractivity contribution < 1.29 is 17.9 Å². The molecule has 0 aromatic carbocycles. The third-order valence-electron chi connectivity index (χ3n) is 3.07. The minimum absolute atomic E-state index is 0.0421. The highest BCUT2D eigenvalue weighted by Crippen LogP contribution is 2.30. The number of hydrogen-bond donors (Lipinski definition) is 0. The van der Waals surface area contributed by atoms with E-state index in [9.17, 15) is 8.42 Å². The highest BCUT2D eigenvalue weighted by atomic mass is 35.7. The Labute approximate surface area is 115 Å². The van der Waals surface area contributed by atoms with Crippen LogP contribution in [-0.2, 0) is 18.5 Å². The van der Waals surface area contributed by atoms with Gasteiger partial charge in [0.15, 0.2) is 0 Å². The van der Waals surface area contributed by atoms with Crippen molar-refractivity contribution in [1.82, 2.24) is 0 Å². The Morgan fingerprint density at radius 3 is 2.11 bits per heavy atom. The van der Waals surface area contributed by atoms with Crippen LogP contribution in [0.2, 0.25) is 0 Å². The van der Waals surface area contributed by atoms with E-state index in [1.807, 2.05) is 27.7 Å². The van der Waals surface area contributed by atoms with E-state index in [1.54, 1.807) is 0 Å². The van der Waals surface area contributed by atoms with E-state index in [4.69, 9.17) is 20.2 Å². The molecule has 0 aliphatic rings. The van der Waals surface area contributed by atoms with Crippen LogP contribution in [-0.4, -0.2) is 40.1 Å². The molecule has 0 saturated heterocycles. The largest absolute Gasteiger partial charge is 0.378 e. The van der Waals surface area contributed by atoms with Crippen LogP contribution < -0.4 is 0 Å². The van der Waals surface area contributed by atoms with E-state index >= 15 is 0 Å². The summed E-state index contributed by atoms with van der Waals surface area (Å²) < 4.78 is 33.3. The van der Waals surface area contributed by atoms with Gasteiger partial charge in [-0.05, 0) is 26.7 Å². The minimum Gasteiger partial charge on any atom is -0.378 e. The van der Waals surface area contributed by atoms with E-state index in [2.05, 4.69) is 0 Å². The summed E-state index contributed by atoms with van der Waals surface area (Å²) in [4.78, 5) is 0. The molecule has 0 amide bonds. The lowest BCUT2D eigenvalue weighted by Gasteiger charge is -2.30. The third kappa shape index (κ3) is 8.29. The van der Waals surface area contributed by atoms with Crippen molar-refractivity contribution in [1.29, 1.82) is 0 Å². The van der Waals surface area contributed by atoms with Gasteiger partial charge in [-0.2, -0.15) is 0 Å². The zero-order chi connectivity index (χ0) is 14.2. The average Bonchev–Trinajstić information content (AvgIpc) is 2.25. The third-order valence-corrected chi connectivity index (χ3v) is 4.35. The van der Waals surface area contributed by atoms with Gasteiger partial charge >= 0.3 is 0 Å². The van der Waals surface area contributed by atoms with Crippen molar-refractivity contribution in [2.24, 2.45) is 5.41 Å². The second-order valence-electron chi connectivity index (χ2n) is 4.86. The van der Waals surface area contributed by atoms with Gasteiger partial charge in [-0.3, -0.25) is 0 Å². The molecule has 0 fully saturated rings. The topological polar surface area (TPSA) is 52.6 Å². The minimum atomic E-state index is -3.50. The molecule has 4 nitrogen and oxygen atoms in total. The van der Waals surface area contributed by atoms with E-state index in [-0.39, 0.29) is 11.9 Å². The first-order valence-electron chi connectivity index (χ1n) is 6.36. The maximum atomic E-state index is 11.2. The van der Waals surface area contributed by atoms with Gasteiger partial charge in [0.05, 0.1) is 31.7 Å². The molecule has 0 N–H and O–H groups in total. The quantitative estimate of drug-likeness (QED) is 0.460. The summed E-state index contributed by atoms with van der Waals surface area (Å²) in [5.74, 6) is -0.0421. The first-order valence-corrected chi connectivity index (χ1v) is 8.84. The van der Waals surface area contributed by atoms with Crippen LogP contribution in [0.4, 0.5) is 0 Å². The fourth-order valence-electron chi connectivity index (χ4n) is 1.70. The van der Waals surface area contributed by atoms with Crippen molar-refractivity contribution in [2.75, 3.05) is 25.6 Å². The van der Waals surface area contributed by atoms with Crippen molar-refractivity contribution >= 4 is 19.7 Å². The molecule has 0 radical (unpaired) electrons. The Kier molecular flexibility index (Phi) is 8.43. The predicted octanol–water partition coefficient (Wildman–Crippen LogP) is 2.80. The summed E-state index contributed by atoms with van der Waals surface area (Å²) >= 11 is 0. The fraction of sp³-hybridized carbons (Fsp3) is 1.00. The Bertz CT molecular complexity index is 310. The highest BCUT2D eigenvalue weighted by Gasteiger charge is 2.31. The van der Waals surface area contributed by atoms with Gasteiger partial charge in [-0.1, -0.05) is 13.8 Å². The first kappa shape index (κ1) is 18.2. The van der Waals surface area contributed by atoms with Crippen molar-refractivity contribution in [3.8, 4) is 0 Å². The van der Waals surface area contributed by atoms with E-state index in [0.717, 1.165) is 12.8 Å². The summed E-state index contributed by atoms with van der Waals surface area (Å²) in [7, 11) is 1.85. The number of ether oxygens (including phenoxy) is 2. The average molecular weight is 301 g/mol. The smallest absolute Gasteiger partial charge is 0.233 e. The van der Waals surface area contributed by atoms with Crippen LogP contribution in [0.25, 0.3) is 0 Å². The van der Waals surface area contributed by atoms with Crippen molar-refractivity contribution in [3.63, 3.8) is 0 Å². The van der Waals surface area contributed by atoms with Crippen LogP contribution in [0.5, 0.6) is 0 Å². The lowest BCUT2D eigenvalue weighted by molar-refractivity contribution is -0.00803. The summed E-state index contributed by atoms with van der Waals surface area (Å²) in [6.45, 7) is 9.23. The monoisotopic (exact) mass is 300 g/mol. The lowest BCUT2D eigenvalue weighted by atomic mass is 9.85. The van der Waals surface area contributed by atoms with Crippen LogP contribution in [0.15, 0.2) is 0 Å². The molecule has 0 rings (SSSR count). The normalized spacial score (nSPS) is 13.2. The van der Waals surface area contributed by atoms with Gasteiger partial charge < -0.3 is 9.47 Å². The molecule has 0 heterocycles.